The average molecular weight is 474 g/mol. The lowest BCUT2D eigenvalue weighted by molar-refractivity contribution is 0.0973. The fourth-order valence-electron chi connectivity index (χ4n) is 2.65. The molecule has 0 atom stereocenters. The number of ether oxygens (including phenoxy) is 1. The lowest BCUT2D eigenvalue weighted by Crippen LogP contribution is -2.44. The number of rotatable bonds is 8. The van der Waals surface area contributed by atoms with E-state index >= 15 is 0 Å². The van der Waals surface area contributed by atoms with Crippen molar-refractivity contribution in [3.8, 4) is 11.8 Å². The number of benzene rings is 2. The molecule has 0 saturated heterocycles. The number of nitrogens with one attached hydrogen (secondary N) is 1. The van der Waals surface area contributed by atoms with Gasteiger partial charge in [0, 0.05) is 18.7 Å². The van der Waals surface area contributed by atoms with Crippen molar-refractivity contribution >= 4 is 39.2 Å². The highest BCUT2D eigenvalue weighted by Gasteiger charge is 2.15. The van der Waals surface area contributed by atoms with Gasteiger partial charge < -0.3 is 9.64 Å². The first-order chi connectivity index (χ1) is 13.9. The molecule has 0 heterocycles. The first-order valence-corrected chi connectivity index (χ1v) is 10.6. The molecule has 5 nitrogen and oxygen atoms in total. The lowest BCUT2D eigenvalue weighted by atomic mass is 10.1. The standard InChI is InChI=1S/C22H24BrN3O2S/c1-16(2)28-20-10-9-18(15-19(20)23)21(27)25-22(29)26(13-6-12-24)14-11-17-7-4-3-5-8-17/h3-5,7-10,15-16H,6,11,13-14H2,1-2H3,(H,25,27,29). The molecule has 1 amide bonds. The summed E-state index contributed by atoms with van der Waals surface area (Å²) >= 11 is 8.88. The molecule has 0 radical (unpaired) electrons. The van der Waals surface area contributed by atoms with Gasteiger partial charge in [0.05, 0.1) is 23.1 Å². The maximum Gasteiger partial charge on any atom is 0.257 e. The summed E-state index contributed by atoms with van der Waals surface area (Å²) < 4.78 is 6.38. The minimum Gasteiger partial charge on any atom is -0.490 e. The molecule has 29 heavy (non-hydrogen) atoms. The largest absolute Gasteiger partial charge is 0.490 e. The predicted molar refractivity (Wildman–Crippen MR) is 122 cm³/mol. The molecule has 0 aliphatic rings. The van der Waals surface area contributed by atoms with Crippen molar-refractivity contribution in [1.29, 1.82) is 5.26 Å². The summed E-state index contributed by atoms with van der Waals surface area (Å²) in [5, 5.41) is 12.0. The molecule has 2 aromatic rings. The Morgan fingerprint density at radius 2 is 1.97 bits per heavy atom. The number of amides is 1. The molecular formula is C22H24BrN3O2S. The third kappa shape index (κ3) is 7.48. The van der Waals surface area contributed by atoms with Crippen LogP contribution in [-0.4, -0.2) is 35.1 Å². The molecule has 0 aliphatic heterocycles. The summed E-state index contributed by atoms with van der Waals surface area (Å²) in [4.78, 5) is 14.5. The number of nitriles is 1. The SMILES string of the molecule is CC(C)Oc1ccc(C(=O)NC(=S)N(CCC#N)CCc2ccccc2)cc1Br. The second-order valence-corrected chi connectivity index (χ2v) is 7.94. The van der Waals surface area contributed by atoms with Gasteiger partial charge in [-0.3, -0.25) is 10.1 Å². The van der Waals surface area contributed by atoms with Crippen molar-refractivity contribution in [3.63, 3.8) is 0 Å². The van der Waals surface area contributed by atoms with Crippen LogP contribution < -0.4 is 10.1 Å². The Labute approximate surface area is 185 Å². The quantitative estimate of drug-likeness (QED) is 0.562. The molecular weight excluding hydrogens is 450 g/mol. The fraction of sp³-hybridized carbons (Fsp3) is 0.318. The molecule has 0 unspecified atom stereocenters. The van der Waals surface area contributed by atoms with Crippen LogP contribution in [0.1, 0.15) is 36.2 Å². The van der Waals surface area contributed by atoms with Crippen molar-refractivity contribution < 1.29 is 9.53 Å². The van der Waals surface area contributed by atoms with Crippen LogP contribution in [0.4, 0.5) is 0 Å². The van der Waals surface area contributed by atoms with E-state index in [-0.39, 0.29) is 12.0 Å². The van der Waals surface area contributed by atoms with E-state index in [0.717, 1.165) is 6.42 Å². The van der Waals surface area contributed by atoms with Gasteiger partial charge in [0.1, 0.15) is 5.75 Å². The Hall–Kier alpha value is -2.43. The molecule has 2 rings (SSSR count). The van der Waals surface area contributed by atoms with Crippen molar-refractivity contribution in [1.82, 2.24) is 10.2 Å². The van der Waals surface area contributed by atoms with E-state index in [0.29, 0.717) is 40.4 Å². The first-order valence-electron chi connectivity index (χ1n) is 9.38. The number of hydrogen-bond acceptors (Lipinski definition) is 4. The third-order valence-corrected chi connectivity index (χ3v) is 5.05. The monoisotopic (exact) mass is 473 g/mol. The van der Waals surface area contributed by atoms with Crippen molar-refractivity contribution in [2.24, 2.45) is 0 Å². The summed E-state index contributed by atoms with van der Waals surface area (Å²) in [6.45, 7) is 4.97. The zero-order valence-corrected chi connectivity index (χ0v) is 18.9. The summed E-state index contributed by atoms with van der Waals surface area (Å²) in [5.74, 6) is 0.381. The smallest absolute Gasteiger partial charge is 0.257 e. The molecule has 0 spiro atoms. The van der Waals surface area contributed by atoms with Crippen LogP contribution in [0.2, 0.25) is 0 Å². The molecule has 0 aliphatic carbocycles. The van der Waals surface area contributed by atoms with E-state index < -0.39 is 0 Å². The Morgan fingerprint density at radius 3 is 2.59 bits per heavy atom. The highest BCUT2D eigenvalue weighted by Crippen LogP contribution is 2.27. The Bertz CT molecular complexity index is 881. The van der Waals surface area contributed by atoms with Crippen LogP contribution in [-0.2, 0) is 6.42 Å². The number of carbonyl (C=O) groups excluding carboxylic acids is 1. The van der Waals surface area contributed by atoms with E-state index in [1.54, 1.807) is 18.2 Å². The van der Waals surface area contributed by atoms with Crippen LogP contribution in [0.25, 0.3) is 0 Å². The van der Waals surface area contributed by atoms with Gasteiger partial charge in [-0.25, -0.2) is 0 Å². The van der Waals surface area contributed by atoms with Crippen LogP contribution in [0.15, 0.2) is 53.0 Å². The average Bonchev–Trinajstić information content (AvgIpc) is 2.70. The van der Waals surface area contributed by atoms with Crippen molar-refractivity contribution in [2.45, 2.75) is 32.8 Å². The maximum atomic E-state index is 12.6. The lowest BCUT2D eigenvalue weighted by Gasteiger charge is -2.24. The fourth-order valence-corrected chi connectivity index (χ4v) is 3.40. The molecule has 0 bridgehead atoms. The van der Waals surface area contributed by atoms with Gasteiger partial charge >= 0.3 is 0 Å². The number of hydrogen-bond donors (Lipinski definition) is 1. The predicted octanol–water partition coefficient (Wildman–Crippen LogP) is 4.71. The second-order valence-electron chi connectivity index (χ2n) is 6.70. The highest BCUT2D eigenvalue weighted by atomic mass is 79.9. The number of nitrogens with zero attached hydrogens (tertiary/aromatic N) is 2. The normalized spacial score (nSPS) is 10.3. The van der Waals surface area contributed by atoms with Crippen LogP contribution in [0.5, 0.6) is 5.75 Å². The highest BCUT2D eigenvalue weighted by molar-refractivity contribution is 9.10. The Morgan fingerprint density at radius 1 is 1.24 bits per heavy atom. The molecule has 0 saturated carbocycles. The van der Waals surface area contributed by atoms with E-state index in [1.807, 2.05) is 49.1 Å². The summed E-state index contributed by atoms with van der Waals surface area (Å²) in [6, 6.07) is 17.3. The molecule has 2 aromatic carbocycles. The summed E-state index contributed by atoms with van der Waals surface area (Å²) in [7, 11) is 0. The van der Waals surface area contributed by atoms with Crippen LogP contribution in [0, 0.1) is 11.3 Å². The molecule has 152 valence electrons. The minimum absolute atomic E-state index is 0.0388. The third-order valence-electron chi connectivity index (χ3n) is 4.07. The summed E-state index contributed by atoms with van der Waals surface area (Å²) in [5.41, 5.74) is 1.65. The van der Waals surface area contributed by atoms with Gasteiger partial charge in [-0.1, -0.05) is 30.3 Å². The van der Waals surface area contributed by atoms with Gasteiger partial charge in [-0.05, 0) is 72.2 Å². The van der Waals surface area contributed by atoms with Crippen LogP contribution >= 0.6 is 28.1 Å². The van der Waals surface area contributed by atoms with Gasteiger partial charge in [0.25, 0.3) is 5.91 Å². The maximum absolute atomic E-state index is 12.6. The molecule has 1 N–H and O–H groups in total. The molecule has 7 heteroatoms. The first kappa shape index (κ1) is 22.9. The Kier molecular flexibility index (Phi) is 9.10. The van der Waals surface area contributed by atoms with Crippen LogP contribution in [0.3, 0.4) is 0 Å². The molecule has 0 fully saturated rings. The number of halogens is 1. The van der Waals surface area contributed by atoms with E-state index in [9.17, 15) is 4.79 Å². The zero-order valence-electron chi connectivity index (χ0n) is 16.5. The van der Waals surface area contributed by atoms with Gasteiger partial charge in [-0.15, -0.1) is 0 Å². The van der Waals surface area contributed by atoms with E-state index in [4.69, 9.17) is 22.2 Å². The minimum atomic E-state index is -0.298. The van der Waals surface area contributed by atoms with Crippen molar-refractivity contribution in [3.05, 3.63) is 64.1 Å². The van der Waals surface area contributed by atoms with E-state index in [1.165, 1.54) is 5.56 Å². The van der Waals surface area contributed by atoms with Crippen molar-refractivity contribution in [2.75, 3.05) is 13.1 Å². The molecule has 0 aromatic heterocycles. The van der Waals surface area contributed by atoms with Gasteiger partial charge in [0.2, 0.25) is 0 Å². The summed E-state index contributed by atoms with van der Waals surface area (Å²) in [6.07, 6.45) is 1.14. The number of thiocarbonyl (C=S) groups is 1. The number of carbonyl (C=O) groups is 1. The van der Waals surface area contributed by atoms with E-state index in [2.05, 4.69) is 27.3 Å². The Balaban J connectivity index is 2.02. The second kappa shape index (κ2) is 11.5. The zero-order chi connectivity index (χ0) is 21.2. The van der Waals surface area contributed by atoms with Gasteiger partial charge in [-0.2, -0.15) is 5.26 Å². The topological polar surface area (TPSA) is 65.4 Å². The van der Waals surface area contributed by atoms with Gasteiger partial charge in [0.15, 0.2) is 5.11 Å².